The van der Waals surface area contributed by atoms with Crippen molar-refractivity contribution in [2.24, 2.45) is 0 Å². The average Bonchev–Trinajstić information content (AvgIpc) is 2.63. The molecule has 140 valence electrons. The number of nitro groups is 1. The van der Waals surface area contributed by atoms with Gasteiger partial charge in [0.25, 0.3) is 5.69 Å². The first-order chi connectivity index (χ1) is 12.2. The van der Waals surface area contributed by atoms with Gasteiger partial charge in [-0.2, -0.15) is 0 Å². The molecule has 0 spiro atoms. The SMILES string of the molecule is COC(=O)C1=C(C(=O)OC)N(c2c([N+](=O)[O-])cc(Br)c(F)c2F)COC1. The Balaban J connectivity index is 2.81. The van der Waals surface area contributed by atoms with E-state index < -0.39 is 56.8 Å². The summed E-state index contributed by atoms with van der Waals surface area (Å²) in [6.07, 6.45) is 0. The quantitative estimate of drug-likeness (QED) is 0.305. The summed E-state index contributed by atoms with van der Waals surface area (Å²) in [4.78, 5) is 35.0. The molecule has 1 heterocycles. The maximum atomic E-state index is 14.5. The molecule has 1 aliphatic heterocycles. The van der Waals surface area contributed by atoms with Crippen LogP contribution >= 0.6 is 15.9 Å². The predicted molar refractivity (Wildman–Crippen MR) is 85.1 cm³/mol. The van der Waals surface area contributed by atoms with Crippen LogP contribution < -0.4 is 4.90 Å². The van der Waals surface area contributed by atoms with Crippen LogP contribution in [0.25, 0.3) is 0 Å². The summed E-state index contributed by atoms with van der Waals surface area (Å²) in [6.45, 7) is -0.953. The number of hydrogen-bond acceptors (Lipinski definition) is 8. The van der Waals surface area contributed by atoms with Crippen LogP contribution in [0.4, 0.5) is 20.2 Å². The molecule has 9 nitrogen and oxygen atoms in total. The van der Waals surface area contributed by atoms with Crippen molar-refractivity contribution in [1.29, 1.82) is 0 Å². The molecule has 1 aromatic rings. The van der Waals surface area contributed by atoms with E-state index in [1.54, 1.807) is 0 Å². The molecule has 26 heavy (non-hydrogen) atoms. The first kappa shape index (κ1) is 19.7. The third kappa shape index (κ3) is 3.37. The van der Waals surface area contributed by atoms with Gasteiger partial charge in [0.05, 0.1) is 35.8 Å². The fourth-order valence-electron chi connectivity index (χ4n) is 2.29. The van der Waals surface area contributed by atoms with Crippen LogP contribution in [0.1, 0.15) is 0 Å². The van der Waals surface area contributed by atoms with Gasteiger partial charge in [-0.3, -0.25) is 10.1 Å². The molecule has 0 saturated carbocycles. The predicted octanol–water partition coefficient (Wildman–Crippen LogP) is 2.03. The van der Waals surface area contributed by atoms with Gasteiger partial charge in [0.15, 0.2) is 17.3 Å². The van der Waals surface area contributed by atoms with Crippen LogP contribution in [-0.2, 0) is 23.8 Å². The van der Waals surface area contributed by atoms with E-state index >= 15 is 0 Å². The number of esters is 2. The lowest BCUT2D eigenvalue weighted by atomic mass is 10.1. The number of carbonyl (C=O) groups is 2. The molecule has 0 radical (unpaired) electrons. The minimum Gasteiger partial charge on any atom is -0.466 e. The summed E-state index contributed by atoms with van der Waals surface area (Å²) >= 11 is 2.68. The number of ether oxygens (including phenoxy) is 3. The van der Waals surface area contributed by atoms with Gasteiger partial charge in [-0.1, -0.05) is 0 Å². The second-order valence-electron chi connectivity index (χ2n) is 4.83. The Kier molecular flexibility index (Phi) is 5.87. The zero-order chi connectivity index (χ0) is 19.6. The van der Waals surface area contributed by atoms with E-state index in [-0.39, 0.29) is 12.2 Å². The Labute approximate surface area is 153 Å². The number of benzene rings is 1. The van der Waals surface area contributed by atoms with E-state index in [0.29, 0.717) is 4.90 Å². The number of nitrogens with zero attached hydrogens (tertiary/aromatic N) is 2. The highest BCUT2D eigenvalue weighted by atomic mass is 79.9. The standard InChI is InChI=1S/C14H11BrF2N2O7/c1-24-13(20)6-4-26-5-18(11(6)14(21)25-2)12-8(19(22)23)3-7(15)9(16)10(12)17/h3H,4-5H2,1-2H3. The number of nitro benzene ring substituents is 1. The van der Waals surface area contributed by atoms with E-state index in [2.05, 4.69) is 25.4 Å². The number of hydrogen-bond donors (Lipinski definition) is 0. The summed E-state index contributed by atoms with van der Waals surface area (Å²) < 4.78 is 42.2. The fraction of sp³-hybridized carbons (Fsp3) is 0.286. The van der Waals surface area contributed by atoms with Crippen molar-refractivity contribution >= 4 is 39.2 Å². The van der Waals surface area contributed by atoms with Gasteiger partial charge in [-0.05, 0) is 15.9 Å². The third-order valence-corrected chi connectivity index (χ3v) is 3.99. The summed E-state index contributed by atoms with van der Waals surface area (Å²) in [7, 11) is 2.02. The number of anilines is 1. The van der Waals surface area contributed by atoms with Crippen LogP contribution in [0.5, 0.6) is 0 Å². The molecule has 2 rings (SSSR count). The van der Waals surface area contributed by atoms with Gasteiger partial charge in [-0.15, -0.1) is 0 Å². The number of halogens is 3. The summed E-state index contributed by atoms with van der Waals surface area (Å²) in [5.74, 6) is -5.12. The molecule has 1 aliphatic rings. The zero-order valence-corrected chi connectivity index (χ0v) is 15.0. The third-order valence-electron chi connectivity index (χ3n) is 3.42. The van der Waals surface area contributed by atoms with Gasteiger partial charge in [0, 0.05) is 6.07 Å². The van der Waals surface area contributed by atoms with E-state index in [4.69, 9.17) is 4.74 Å². The van der Waals surface area contributed by atoms with Crippen molar-refractivity contribution in [3.63, 3.8) is 0 Å². The molecule has 0 bridgehead atoms. The molecular formula is C14H11BrF2N2O7. The van der Waals surface area contributed by atoms with Crippen LogP contribution in [-0.4, -0.2) is 44.4 Å². The van der Waals surface area contributed by atoms with Gasteiger partial charge in [0.1, 0.15) is 12.4 Å². The van der Waals surface area contributed by atoms with Crippen molar-refractivity contribution in [3.8, 4) is 0 Å². The molecule has 0 amide bonds. The Morgan fingerprint density at radius 2 is 1.88 bits per heavy atom. The van der Waals surface area contributed by atoms with Gasteiger partial charge in [-0.25, -0.2) is 18.4 Å². The Morgan fingerprint density at radius 3 is 2.42 bits per heavy atom. The molecule has 1 aromatic carbocycles. The molecule has 0 unspecified atom stereocenters. The van der Waals surface area contributed by atoms with Crippen molar-refractivity contribution in [3.05, 3.63) is 43.6 Å². The first-order valence-electron chi connectivity index (χ1n) is 6.81. The zero-order valence-electron chi connectivity index (χ0n) is 13.4. The van der Waals surface area contributed by atoms with E-state index in [0.717, 1.165) is 20.3 Å². The van der Waals surface area contributed by atoms with Crippen LogP contribution in [0.3, 0.4) is 0 Å². The van der Waals surface area contributed by atoms with Crippen LogP contribution in [0.2, 0.25) is 0 Å². The minimum atomic E-state index is -1.61. The summed E-state index contributed by atoms with van der Waals surface area (Å²) in [6, 6.07) is 0.731. The number of rotatable bonds is 4. The summed E-state index contributed by atoms with van der Waals surface area (Å²) in [5.41, 5.74) is -2.65. The Morgan fingerprint density at radius 1 is 1.27 bits per heavy atom. The molecule has 0 aliphatic carbocycles. The van der Waals surface area contributed by atoms with E-state index in [1.807, 2.05) is 0 Å². The highest BCUT2D eigenvalue weighted by Crippen LogP contribution is 2.40. The van der Waals surface area contributed by atoms with Crippen molar-refractivity contribution in [2.45, 2.75) is 0 Å². The number of methoxy groups -OCH3 is 2. The molecular weight excluding hydrogens is 426 g/mol. The van der Waals surface area contributed by atoms with Crippen LogP contribution in [0, 0.1) is 21.7 Å². The molecule has 0 atom stereocenters. The minimum absolute atomic E-state index is 0.359. The summed E-state index contributed by atoms with van der Waals surface area (Å²) in [5, 5.41) is 11.3. The highest BCUT2D eigenvalue weighted by Gasteiger charge is 2.38. The topological polar surface area (TPSA) is 108 Å². The fourth-order valence-corrected chi connectivity index (χ4v) is 2.68. The van der Waals surface area contributed by atoms with Crippen LogP contribution in [0.15, 0.2) is 21.8 Å². The number of carbonyl (C=O) groups excluding carboxylic acids is 2. The Bertz CT molecular complexity index is 828. The smallest absolute Gasteiger partial charge is 0.355 e. The normalized spacial score (nSPS) is 14.3. The lowest BCUT2D eigenvalue weighted by Crippen LogP contribution is -2.39. The van der Waals surface area contributed by atoms with Crippen molar-refractivity contribution < 1.29 is 37.5 Å². The van der Waals surface area contributed by atoms with Gasteiger partial charge >= 0.3 is 11.9 Å². The van der Waals surface area contributed by atoms with Crippen molar-refractivity contribution in [1.82, 2.24) is 0 Å². The lowest BCUT2D eigenvalue weighted by molar-refractivity contribution is -0.384. The molecule has 0 fully saturated rings. The van der Waals surface area contributed by atoms with Gasteiger partial charge in [0.2, 0.25) is 0 Å². The molecule has 0 N–H and O–H groups in total. The van der Waals surface area contributed by atoms with E-state index in [9.17, 15) is 28.5 Å². The second-order valence-corrected chi connectivity index (χ2v) is 5.68. The maximum absolute atomic E-state index is 14.5. The molecule has 0 saturated heterocycles. The van der Waals surface area contributed by atoms with Crippen molar-refractivity contribution in [2.75, 3.05) is 32.5 Å². The monoisotopic (exact) mass is 436 g/mol. The second kappa shape index (κ2) is 7.74. The Hall–Kier alpha value is -2.60. The van der Waals surface area contributed by atoms with Gasteiger partial charge < -0.3 is 19.1 Å². The molecule has 0 aromatic heterocycles. The lowest BCUT2D eigenvalue weighted by Gasteiger charge is -2.31. The van der Waals surface area contributed by atoms with E-state index in [1.165, 1.54) is 0 Å². The highest BCUT2D eigenvalue weighted by molar-refractivity contribution is 9.10. The first-order valence-corrected chi connectivity index (χ1v) is 7.60. The molecule has 12 heteroatoms. The average molecular weight is 437 g/mol. The largest absolute Gasteiger partial charge is 0.466 e. The maximum Gasteiger partial charge on any atom is 0.355 e.